The van der Waals surface area contributed by atoms with Gasteiger partial charge in [-0.05, 0) is 38.2 Å². The van der Waals surface area contributed by atoms with Gasteiger partial charge in [0.05, 0.1) is 18.5 Å². The van der Waals surface area contributed by atoms with Crippen LogP contribution in [0.4, 0.5) is 15.8 Å². The number of thiazole rings is 1. The summed E-state index contributed by atoms with van der Waals surface area (Å²) in [6.07, 6.45) is 2.00. The number of hydrazone groups is 1. The summed E-state index contributed by atoms with van der Waals surface area (Å²) >= 11 is 1.45. The van der Waals surface area contributed by atoms with Crippen molar-refractivity contribution >= 4 is 32.9 Å². The predicted octanol–water partition coefficient (Wildman–Crippen LogP) is 4.37. The van der Waals surface area contributed by atoms with Crippen LogP contribution >= 0.6 is 11.3 Å². The Morgan fingerprint density at radius 3 is 2.56 bits per heavy atom. The van der Waals surface area contributed by atoms with Crippen LogP contribution in [0.15, 0.2) is 39.6 Å². The van der Waals surface area contributed by atoms with E-state index in [-0.39, 0.29) is 0 Å². The van der Waals surface area contributed by atoms with Gasteiger partial charge in [-0.25, -0.2) is 4.98 Å². The zero-order valence-corrected chi connectivity index (χ0v) is 15.5. The molecule has 8 heteroatoms. The number of nitrogens with zero attached hydrogens (tertiary/aromatic N) is 5. The summed E-state index contributed by atoms with van der Waals surface area (Å²) < 4.78 is 5.13. The highest BCUT2D eigenvalue weighted by molar-refractivity contribution is 7.19. The van der Waals surface area contributed by atoms with Crippen LogP contribution in [0.2, 0.25) is 0 Å². The molecule has 0 unspecified atom stereocenters. The van der Waals surface area contributed by atoms with Crippen molar-refractivity contribution in [1.29, 1.82) is 0 Å². The number of piperidine rings is 1. The monoisotopic (exact) mass is 358 g/mol. The largest absolute Gasteiger partial charge is 0.497 e. The van der Waals surface area contributed by atoms with Gasteiger partial charge in [-0.15, -0.1) is 10.2 Å². The van der Waals surface area contributed by atoms with Gasteiger partial charge in [-0.3, -0.25) is 5.43 Å². The first-order valence-corrected chi connectivity index (χ1v) is 8.99. The Bertz CT molecular complexity index is 758. The highest BCUT2D eigenvalue weighted by atomic mass is 32.1. The molecule has 1 N–H and O–H groups in total. The number of benzene rings is 1. The topological polar surface area (TPSA) is 74.5 Å². The van der Waals surface area contributed by atoms with E-state index in [2.05, 4.69) is 37.7 Å². The summed E-state index contributed by atoms with van der Waals surface area (Å²) in [5, 5.41) is 14.6. The lowest BCUT2D eigenvalue weighted by molar-refractivity contribution is 0.336. The molecule has 2 aromatic rings. The van der Waals surface area contributed by atoms with Crippen molar-refractivity contribution in [3.05, 3.63) is 30.0 Å². The number of rotatable bonds is 5. The molecule has 25 heavy (non-hydrogen) atoms. The van der Waals surface area contributed by atoms with Gasteiger partial charge >= 0.3 is 0 Å². The van der Waals surface area contributed by atoms with Crippen molar-refractivity contribution < 1.29 is 4.74 Å². The maximum Gasteiger partial charge on any atom is 0.205 e. The van der Waals surface area contributed by atoms with Gasteiger partial charge in [0.15, 0.2) is 5.00 Å². The molecule has 0 atom stereocenters. The van der Waals surface area contributed by atoms with Crippen molar-refractivity contribution in [2.24, 2.45) is 15.3 Å². The van der Waals surface area contributed by atoms with Crippen LogP contribution in [0, 0.1) is 6.92 Å². The molecule has 0 amide bonds. The van der Waals surface area contributed by atoms with Gasteiger partial charge in [0, 0.05) is 31.6 Å². The van der Waals surface area contributed by atoms with Crippen molar-refractivity contribution in [2.75, 3.05) is 32.7 Å². The second-order valence-corrected chi connectivity index (χ2v) is 6.88. The number of aromatic nitrogens is 1. The number of nitrogens with one attached hydrogen (secondary N) is 1. The normalized spacial score (nSPS) is 15.6. The molecule has 3 rings (SSSR count). The van der Waals surface area contributed by atoms with Crippen LogP contribution in [0.1, 0.15) is 18.5 Å². The molecule has 0 aliphatic carbocycles. The molecule has 0 radical (unpaired) electrons. The summed E-state index contributed by atoms with van der Waals surface area (Å²) in [6, 6.07) is 7.45. The van der Waals surface area contributed by atoms with E-state index >= 15 is 0 Å². The molecular formula is C17H22N6OS. The third-order valence-electron chi connectivity index (χ3n) is 3.97. The number of aryl methyl sites for hydroxylation is 1. The first-order chi connectivity index (χ1) is 12.1. The molecule has 1 aliphatic rings. The Morgan fingerprint density at radius 2 is 1.88 bits per heavy atom. The second-order valence-electron chi connectivity index (χ2n) is 5.90. The fourth-order valence-corrected chi connectivity index (χ4v) is 3.13. The first-order valence-electron chi connectivity index (χ1n) is 8.17. The van der Waals surface area contributed by atoms with Gasteiger partial charge in [0.2, 0.25) is 5.13 Å². The lowest BCUT2D eigenvalue weighted by atomic mass is 10.1. The number of azo groups is 1. The van der Waals surface area contributed by atoms with Crippen LogP contribution in [0.25, 0.3) is 0 Å². The SMILES string of the molecule is COc1ccc(N=Nc2sc(NN=C3CCN(C)CC3)nc2C)cc1. The summed E-state index contributed by atoms with van der Waals surface area (Å²) in [4.78, 5) is 6.78. The van der Waals surface area contributed by atoms with Crippen molar-refractivity contribution in [1.82, 2.24) is 9.88 Å². The molecule has 1 aromatic carbocycles. The van der Waals surface area contributed by atoms with Crippen LogP contribution in [-0.2, 0) is 0 Å². The van der Waals surface area contributed by atoms with Crippen LogP contribution in [0.3, 0.4) is 0 Å². The fraction of sp³-hybridized carbons (Fsp3) is 0.412. The van der Waals surface area contributed by atoms with E-state index in [0.717, 1.165) is 53.2 Å². The molecule has 2 heterocycles. The molecule has 1 aliphatic heterocycles. The van der Waals surface area contributed by atoms with Gasteiger partial charge in [0.1, 0.15) is 5.75 Å². The quantitative estimate of drug-likeness (QED) is 0.636. The smallest absolute Gasteiger partial charge is 0.205 e. The summed E-state index contributed by atoms with van der Waals surface area (Å²) in [7, 11) is 3.77. The highest BCUT2D eigenvalue weighted by Crippen LogP contribution is 2.32. The number of anilines is 1. The third-order valence-corrected chi connectivity index (χ3v) is 4.92. The molecule has 1 fully saturated rings. The standard InChI is InChI=1S/C17H22N6OS/c1-12-16(21-19-13-4-6-15(24-3)7-5-13)25-17(18-12)22-20-14-8-10-23(2)11-9-14/h4-7H,8-11H2,1-3H3,(H,18,22). The van der Waals surface area contributed by atoms with E-state index in [1.54, 1.807) is 7.11 Å². The maximum atomic E-state index is 5.13. The molecule has 1 aromatic heterocycles. The summed E-state index contributed by atoms with van der Waals surface area (Å²) in [6.45, 7) is 4.03. The van der Waals surface area contributed by atoms with E-state index < -0.39 is 0 Å². The Balaban J connectivity index is 1.63. The van der Waals surface area contributed by atoms with Gasteiger partial charge in [0.25, 0.3) is 0 Å². The number of hydrogen-bond donors (Lipinski definition) is 1. The van der Waals surface area contributed by atoms with Crippen LogP contribution in [-0.4, -0.2) is 42.8 Å². The minimum Gasteiger partial charge on any atom is -0.497 e. The zero-order valence-electron chi connectivity index (χ0n) is 14.7. The first kappa shape index (κ1) is 17.5. The molecule has 1 saturated heterocycles. The maximum absolute atomic E-state index is 5.13. The van der Waals surface area contributed by atoms with Gasteiger partial charge < -0.3 is 9.64 Å². The summed E-state index contributed by atoms with van der Waals surface area (Å²) in [5.41, 5.74) is 5.86. The van der Waals surface area contributed by atoms with E-state index in [4.69, 9.17) is 4.74 Å². The van der Waals surface area contributed by atoms with E-state index in [1.165, 1.54) is 17.0 Å². The van der Waals surface area contributed by atoms with Gasteiger partial charge in [-0.1, -0.05) is 11.3 Å². The molecule has 0 saturated carbocycles. The number of methoxy groups -OCH3 is 1. The van der Waals surface area contributed by atoms with E-state index in [9.17, 15) is 0 Å². The summed E-state index contributed by atoms with van der Waals surface area (Å²) in [5.74, 6) is 0.799. The minimum atomic E-state index is 0.743. The van der Waals surface area contributed by atoms with E-state index in [0.29, 0.717) is 0 Å². The van der Waals surface area contributed by atoms with Crippen molar-refractivity contribution in [3.8, 4) is 5.75 Å². The average Bonchev–Trinajstić information content (AvgIpc) is 3.00. The Morgan fingerprint density at radius 1 is 1.16 bits per heavy atom. The molecule has 0 spiro atoms. The average molecular weight is 358 g/mol. The lowest BCUT2D eigenvalue weighted by Crippen LogP contribution is -2.30. The molecule has 7 nitrogen and oxygen atoms in total. The number of ether oxygens (including phenoxy) is 1. The Hall–Kier alpha value is -2.32. The highest BCUT2D eigenvalue weighted by Gasteiger charge is 2.12. The van der Waals surface area contributed by atoms with E-state index in [1.807, 2.05) is 31.2 Å². The van der Waals surface area contributed by atoms with Crippen molar-refractivity contribution in [2.45, 2.75) is 19.8 Å². The Labute approximate surface area is 151 Å². The zero-order chi connectivity index (χ0) is 17.6. The molecular weight excluding hydrogens is 336 g/mol. The number of likely N-dealkylation sites (tertiary alicyclic amines) is 1. The van der Waals surface area contributed by atoms with Crippen LogP contribution < -0.4 is 10.2 Å². The van der Waals surface area contributed by atoms with Crippen LogP contribution in [0.5, 0.6) is 5.75 Å². The van der Waals surface area contributed by atoms with Gasteiger partial charge in [-0.2, -0.15) is 5.10 Å². The van der Waals surface area contributed by atoms with Crippen molar-refractivity contribution in [3.63, 3.8) is 0 Å². The third kappa shape index (κ3) is 4.83. The predicted molar refractivity (Wildman–Crippen MR) is 102 cm³/mol. The lowest BCUT2D eigenvalue weighted by Gasteiger charge is -2.22. The fourth-order valence-electron chi connectivity index (χ4n) is 2.40. The molecule has 132 valence electrons. The Kier molecular flexibility index (Phi) is 5.72. The molecule has 0 bridgehead atoms. The minimum absolute atomic E-state index is 0.743. The second kappa shape index (κ2) is 8.17. The number of hydrogen-bond acceptors (Lipinski definition) is 8.